The molecule has 202 valence electrons. The molecule has 0 fully saturated rings. The number of hydrogen-bond acceptors (Lipinski definition) is 6. The molecule has 0 radical (unpaired) electrons. The summed E-state index contributed by atoms with van der Waals surface area (Å²) in [4.78, 5) is 24.9. The molecular weight excluding hydrogens is 547 g/mol. The number of pyridine rings is 1. The van der Waals surface area contributed by atoms with E-state index < -0.39 is 0 Å². The summed E-state index contributed by atoms with van der Waals surface area (Å²) in [5.74, 6) is 1.82. The lowest BCUT2D eigenvalue weighted by Crippen LogP contribution is -2.00. The quantitative estimate of drug-likeness (QED) is 0.207. The molecule has 0 saturated heterocycles. The van der Waals surface area contributed by atoms with Gasteiger partial charge in [0.25, 0.3) is 0 Å². The Morgan fingerprint density at radius 1 is 0.419 bits per heavy atom. The lowest BCUT2D eigenvalue weighted by Gasteiger charge is -2.11. The SMILES string of the molecule is c1ccc(-c2nc(-c3ccccc3)nc(-c3cc(-c4cccc5cccnc45)cc4sc(-c5ccccc5)nc34)n2)cc1. The van der Waals surface area contributed by atoms with Gasteiger partial charge >= 0.3 is 0 Å². The zero-order valence-corrected chi connectivity index (χ0v) is 23.7. The van der Waals surface area contributed by atoms with Gasteiger partial charge in [-0.1, -0.05) is 115 Å². The predicted molar refractivity (Wildman–Crippen MR) is 175 cm³/mol. The van der Waals surface area contributed by atoms with Gasteiger partial charge in [-0.3, -0.25) is 4.98 Å². The van der Waals surface area contributed by atoms with Gasteiger partial charge in [-0.25, -0.2) is 19.9 Å². The van der Waals surface area contributed by atoms with Crippen molar-refractivity contribution < 1.29 is 0 Å². The van der Waals surface area contributed by atoms with Crippen LogP contribution in [-0.2, 0) is 0 Å². The normalized spacial score (nSPS) is 11.3. The van der Waals surface area contributed by atoms with Crippen LogP contribution in [0.15, 0.2) is 140 Å². The minimum absolute atomic E-state index is 0.581. The van der Waals surface area contributed by atoms with E-state index >= 15 is 0 Å². The van der Waals surface area contributed by atoms with Crippen LogP contribution < -0.4 is 0 Å². The van der Waals surface area contributed by atoms with E-state index in [1.54, 1.807) is 11.3 Å². The lowest BCUT2D eigenvalue weighted by atomic mass is 9.99. The first-order valence-corrected chi connectivity index (χ1v) is 14.8. The molecule has 3 heterocycles. The Balaban J connectivity index is 1.42. The second kappa shape index (κ2) is 10.7. The van der Waals surface area contributed by atoms with Crippen LogP contribution in [0.3, 0.4) is 0 Å². The number of fused-ring (bicyclic) bond motifs is 2. The topological polar surface area (TPSA) is 64.5 Å². The summed E-state index contributed by atoms with van der Waals surface area (Å²) in [7, 11) is 0. The van der Waals surface area contributed by atoms with Crippen molar-refractivity contribution in [1.29, 1.82) is 0 Å². The van der Waals surface area contributed by atoms with Crippen molar-refractivity contribution in [3.8, 4) is 55.9 Å². The van der Waals surface area contributed by atoms with Crippen LogP contribution in [0.5, 0.6) is 0 Å². The van der Waals surface area contributed by atoms with Crippen LogP contribution >= 0.6 is 11.3 Å². The van der Waals surface area contributed by atoms with Crippen molar-refractivity contribution in [2.24, 2.45) is 0 Å². The van der Waals surface area contributed by atoms with Crippen molar-refractivity contribution in [3.63, 3.8) is 0 Å². The maximum Gasteiger partial charge on any atom is 0.166 e. The number of nitrogens with zero attached hydrogens (tertiary/aromatic N) is 5. The maximum atomic E-state index is 5.16. The van der Waals surface area contributed by atoms with Gasteiger partial charge in [0, 0.05) is 39.4 Å². The van der Waals surface area contributed by atoms with Crippen molar-refractivity contribution in [2.75, 3.05) is 0 Å². The van der Waals surface area contributed by atoms with Gasteiger partial charge in [0.05, 0.1) is 15.7 Å². The smallest absolute Gasteiger partial charge is 0.166 e. The highest BCUT2D eigenvalue weighted by atomic mass is 32.1. The van der Waals surface area contributed by atoms with Gasteiger partial charge in [0.1, 0.15) is 5.01 Å². The minimum Gasteiger partial charge on any atom is -0.256 e. The molecule has 0 bridgehead atoms. The Bertz CT molecular complexity index is 2170. The number of hydrogen-bond donors (Lipinski definition) is 0. The van der Waals surface area contributed by atoms with Gasteiger partial charge in [-0.15, -0.1) is 11.3 Å². The lowest BCUT2D eigenvalue weighted by molar-refractivity contribution is 1.08. The molecule has 0 aliphatic carbocycles. The Labute approximate surface area is 252 Å². The summed E-state index contributed by atoms with van der Waals surface area (Å²) in [6.45, 7) is 0. The van der Waals surface area contributed by atoms with Gasteiger partial charge in [0.2, 0.25) is 0 Å². The largest absolute Gasteiger partial charge is 0.256 e. The molecule has 5 nitrogen and oxygen atoms in total. The van der Waals surface area contributed by atoms with E-state index in [9.17, 15) is 0 Å². The van der Waals surface area contributed by atoms with Crippen LogP contribution in [0.2, 0.25) is 0 Å². The Morgan fingerprint density at radius 3 is 1.70 bits per heavy atom. The Kier molecular flexibility index (Phi) is 6.24. The van der Waals surface area contributed by atoms with E-state index in [4.69, 9.17) is 24.9 Å². The molecule has 0 amide bonds. The average Bonchev–Trinajstić information content (AvgIpc) is 3.53. The summed E-state index contributed by atoms with van der Waals surface area (Å²) in [6.07, 6.45) is 1.84. The van der Waals surface area contributed by atoms with Crippen LogP contribution in [0.4, 0.5) is 0 Å². The Hall–Kier alpha value is -5.59. The van der Waals surface area contributed by atoms with Gasteiger partial charge < -0.3 is 0 Å². The number of thiazole rings is 1. The molecule has 0 saturated carbocycles. The van der Waals surface area contributed by atoms with Crippen LogP contribution in [0.25, 0.3) is 77.0 Å². The highest BCUT2D eigenvalue weighted by Gasteiger charge is 2.19. The fraction of sp³-hybridized carbons (Fsp3) is 0. The zero-order valence-electron chi connectivity index (χ0n) is 22.9. The highest BCUT2D eigenvalue weighted by molar-refractivity contribution is 7.21. The molecule has 5 aromatic carbocycles. The monoisotopic (exact) mass is 569 g/mol. The van der Waals surface area contributed by atoms with Crippen LogP contribution in [0.1, 0.15) is 0 Å². The van der Waals surface area contributed by atoms with E-state index in [2.05, 4.69) is 48.5 Å². The maximum absolute atomic E-state index is 5.16. The zero-order chi connectivity index (χ0) is 28.6. The third-order valence-corrected chi connectivity index (χ3v) is 8.45. The fourth-order valence-corrected chi connectivity index (χ4v) is 6.36. The number of aromatic nitrogens is 5. The fourth-order valence-electron chi connectivity index (χ4n) is 5.33. The van der Waals surface area contributed by atoms with E-state index in [1.807, 2.05) is 91.1 Å². The summed E-state index contributed by atoms with van der Waals surface area (Å²) < 4.78 is 1.06. The summed E-state index contributed by atoms with van der Waals surface area (Å²) >= 11 is 1.67. The first kappa shape index (κ1) is 25.1. The van der Waals surface area contributed by atoms with E-state index in [1.165, 1.54) is 0 Å². The molecule has 8 rings (SSSR count). The molecular formula is C37H23N5S. The molecule has 0 spiro atoms. The molecule has 6 heteroatoms. The molecule has 0 unspecified atom stereocenters. The van der Waals surface area contributed by atoms with Crippen molar-refractivity contribution >= 4 is 32.5 Å². The van der Waals surface area contributed by atoms with E-state index in [0.717, 1.165) is 59.5 Å². The first-order valence-electron chi connectivity index (χ1n) is 14.0. The van der Waals surface area contributed by atoms with Gasteiger partial charge in [-0.05, 0) is 23.8 Å². The molecule has 8 aromatic rings. The first-order chi connectivity index (χ1) is 21.3. The number of benzene rings is 5. The molecule has 0 atom stereocenters. The number of para-hydroxylation sites is 1. The minimum atomic E-state index is 0.581. The Morgan fingerprint density at radius 2 is 1.02 bits per heavy atom. The third-order valence-electron chi connectivity index (χ3n) is 7.40. The summed E-state index contributed by atoms with van der Waals surface area (Å²) in [5.41, 5.74) is 7.70. The molecule has 0 aliphatic rings. The third kappa shape index (κ3) is 4.74. The van der Waals surface area contributed by atoms with Gasteiger partial charge in [-0.2, -0.15) is 0 Å². The second-order valence-corrected chi connectivity index (χ2v) is 11.2. The summed E-state index contributed by atoms with van der Waals surface area (Å²) in [6, 6.07) is 45.1. The predicted octanol–water partition coefficient (Wildman–Crippen LogP) is 9.36. The van der Waals surface area contributed by atoms with Gasteiger partial charge in [0.15, 0.2) is 17.5 Å². The van der Waals surface area contributed by atoms with Crippen LogP contribution in [-0.4, -0.2) is 24.9 Å². The van der Waals surface area contributed by atoms with Crippen LogP contribution in [0, 0.1) is 0 Å². The van der Waals surface area contributed by atoms with Crippen molar-refractivity contribution in [3.05, 3.63) is 140 Å². The average molecular weight is 570 g/mol. The number of rotatable bonds is 5. The standard InChI is InChI=1S/C37H23N5S/c1-4-12-25(13-5-1)34-40-35(26-14-6-2-7-15-26)42-36(41-34)30-22-28(29-20-10-18-24-19-11-21-38-32(24)29)23-31-33(30)39-37(43-31)27-16-8-3-9-17-27/h1-23H. The van der Waals surface area contributed by atoms with E-state index in [-0.39, 0.29) is 0 Å². The van der Waals surface area contributed by atoms with Crippen molar-refractivity contribution in [1.82, 2.24) is 24.9 Å². The second-order valence-electron chi connectivity index (χ2n) is 10.2. The molecule has 0 N–H and O–H groups in total. The molecule has 3 aromatic heterocycles. The molecule has 43 heavy (non-hydrogen) atoms. The highest BCUT2D eigenvalue weighted by Crippen LogP contribution is 2.40. The molecule has 0 aliphatic heterocycles. The van der Waals surface area contributed by atoms with E-state index in [0.29, 0.717) is 17.5 Å². The van der Waals surface area contributed by atoms with Crippen molar-refractivity contribution in [2.45, 2.75) is 0 Å². The summed E-state index contributed by atoms with van der Waals surface area (Å²) in [5, 5.41) is 2.04.